The lowest BCUT2D eigenvalue weighted by atomic mass is 10.2. The maximum absolute atomic E-state index is 5.95. The van der Waals surface area contributed by atoms with Crippen molar-refractivity contribution < 1.29 is 9.47 Å². The van der Waals surface area contributed by atoms with Crippen LogP contribution in [0.1, 0.15) is 11.8 Å². The van der Waals surface area contributed by atoms with Crippen molar-refractivity contribution in [1.82, 2.24) is 4.90 Å². The molecule has 1 aromatic rings. The third-order valence-corrected chi connectivity index (χ3v) is 2.94. The fourth-order valence-corrected chi connectivity index (χ4v) is 1.87. The monoisotopic (exact) mass is 236 g/mol. The molecule has 1 aliphatic heterocycles. The van der Waals surface area contributed by atoms with Crippen LogP contribution in [0.25, 0.3) is 0 Å². The van der Waals surface area contributed by atoms with Gasteiger partial charge in [0.2, 0.25) is 0 Å². The Labute approximate surface area is 102 Å². The number of morpholine rings is 1. The molecule has 1 unspecified atom stereocenters. The molecule has 0 spiro atoms. The third-order valence-electron chi connectivity index (χ3n) is 2.94. The van der Waals surface area contributed by atoms with Gasteiger partial charge in [0.1, 0.15) is 6.23 Å². The van der Waals surface area contributed by atoms with Crippen molar-refractivity contribution in [2.24, 2.45) is 5.73 Å². The highest BCUT2D eigenvalue weighted by Gasteiger charge is 2.11. The predicted molar refractivity (Wildman–Crippen MR) is 66.6 cm³/mol. The first-order valence-electron chi connectivity index (χ1n) is 6.08. The average Bonchev–Trinajstić information content (AvgIpc) is 2.41. The first-order valence-corrected chi connectivity index (χ1v) is 6.08. The van der Waals surface area contributed by atoms with Crippen molar-refractivity contribution in [3.05, 3.63) is 35.9 Å². The molecule has 17 heavy (non-hydrogen) atoms. The second-order valence-corrected chi connectivity index (χ2v) is 4.16. The lowest BCUT2D eigenvalue weighted by Gasteiger charge is -2.26. The molecule has 4 nitrogen and oxygen atoms in total. The minimum atomic E-state index is -0.322. The van der Waals surface area contributed by atoms with E-state index in [-0.39, 0.29) is 6.23 Å². The fourth-order valence-electron chi connectivity index (χ4n) is 1.87. The number of nitrogens with zero attached hydrogens (tertiary/aromatic N) is 1. The van der Waals surface area contributed by atoms with E-state index in [9.17, 15) is 0 Å². The molecule has 0 radical (unpaired) electrons. The minimum absolute atomic E-state index is 0.322. The van der Waals surface area contributed by atoms with Crippen LogP contribution in [-0.4, -0.2) is 44.4 Å². The molecule has 0 bridgehead atoms. The van der Waals surface area contributed by atoms with Crippen LogP contribution in [0, 0.1) is 0 Å². The molecule has 1 fully saturated rings. The van der Waals surface area contributed by atoms with Crippen molar-refractivity contribution in [2.75, 3.05) is 39.5 Å². The van der Waals surface area contributed by atoms with Gasteiger partial charge in [-0.15, -0.1) is 0 Å². The number of hydrogen-bond acceptors (Lipinski definition) is 4. The first-order chi connectivity index (χ1) is 8.36. The smallest absolute Gasteiger partial charge is 0.131 e. The third kappa shape index (κ3) is 4.09. The number of benzene rings is 1. The highest BCUT2D eigenvalue weighted by molar-refractivity contribution is 5.16. The van der Waals surface area contributed by atoms with E-state index in [0.29, 0.717) is 6.61 Å². The molecule has 4 heteroatoms. The highest BCUT2D eigenvalue weighted by Crippen LogP contribution is 2.10. The van der Waals surface area contributed by atoms with E-state index in [0.717, 1.165) is 38.4 Å². The standard InChI is InChI=1S/C13H20N2O2/c14-13(12-4-2-1-3-5-12)17-11-8-15-6-9-16-10-7-15/h1-5,13H,6-11,14H2. The Morgan fingerprint density at radius 1 is 1.24 bits per heavy atom. The average molecular weight is 236 g/mol. The second kappa shape index (κ2) is 6.71. The Hall–Kier alpha value is -0.940. The normalized spacial score (nSPS) is 19.1. The second-order valence-electron chi connectivity index (χ2n) is 4.16. The highest BCUT2D eigenvalue weighted by atomic mass is 16.5. The van der Waals surface area contributed by atoms with Crippen molar-refractivity contribution >= 4 is 0 Å². The van der Waals surface area contributed by atoms with Crippen LogP contribution in [0.15, 0.2) is 30.3 Å². The van der Waals surface area contributed by atoms with Crippen LogP contribution in [0.2, 0.25) is 0 Å². The molecule has 94 valence electrons. The van der Waals surface area contributed by atoms with Gasteiger partial charge in [-0.25, -0.2) is 0 Å². The van der Waals surface area contributed by atoms with E-state index in [2.05, 4.69) is 4.90 Å². The zero-order valence-electron chi connectivity index (χ0n) is 10.0. The maximum Gasteiger partial charge on any atom is 0.131 e. The molecule has 0 aliphatic carbocycles. The zero-order chi connectivity index (χ0) is 11.9. The number of nitrogens with two attached hydrogens (primary N) is 1. The van der Waals surface area contributed by atoms with Crippen LogP contribution >= 0.6 is 0 Å². The Morgan fingerprint density at radius 2 is 1.94 bits per heavy atom. The molecular formula is C13H20N2O2. The van der Waals surface area contributed by atoms with Gasteiger partial charge in [-0.3, -0.25) is 4.90 Å². The Morgan fingerprint density at radius 3 is 2.65 bits per heavy atom. The van der Waals surface area contributed by atoms with Crippen molar-refractivity contribution in [3.63, 3.8) is 0 Å². The van der Waals surface area contributed by atoms with Gasteiger partial charge < -0.3 is 15.2 Å². The summed E-state index contributed by atoms with van der Waals surface area (Å²) in [6, 6.07) is 9.89. The van der Waals surface area contributed by atoms with Crippen LogP contribution < -0.4 is 5.73 Å². The quantitative estimate of drug-likeness (QED) is 0.775. The number of ether oxygens (including phenoxy) is 2. The molecule has 1 aliphatic rings. The lowest BCUT2D eigenvalue weighted by molar-refractivity contribution is 0.00258. The van der Waals surface area contributed by atoms with Gasteiger partial charge in [0, 0.05) is 19.6 Å². The van der Waals surface area contributed by atoms with Crippen LogP contribution in [0.3, 0.4) is 0 Å². The Balaban J connectivity index is 1.67. The zero-order valence-corrected chi connectivity index (χ0v) is 10.0. The summed E-state index contributed by atoms with van der Waals surface area (Å²) in [6.07, 6.45) is -0.322. The Bertz CT molecular complexity index is 312. The first kappa shape index (κ1) is 12.5. The molecule has 1 atom stereocenters. The van der Waals surface area contributed by atoms with Gasteiger partial charge in [0.25, 0.3) is 0 Å². The summed E-state index contributed by atoms with van der Waals surface area (Å²) in [5.74, 6) is 0. The SMILES string of the molecule is NC(OCCN1CCOCC1)c1ccccc1. The van der Waals surface area contributed by atoms with Gasteiger partial charge in [-0.2, -0.15) is 0 Å². The van der Waals surface area contributed by atoms with Gasteiger partial charge >= 0.3 is 0 Å². The van der Waals surface area contributed by atoms with E-state index < -0.39 is 0 Å². The van der Waals surface area contributed by atoms with E-state index in [1.807, 2.05) is 30.3 Å². The Kier molecular flexibility index (Phi) is 4.94. The lowest BCUT2D eigenvalue weighted by Crippen LogP contribution is -2.38. The van der Waals surface area contributed by atoms with E-state index in [1.165, 1.54) is 0 Å². The van der Waals surface area contributed by atoms with Crippen molar-refractivity contribution in [2.45, 2.75) is 6.23 Å². The largest absolute Gasteiger partial charge is 0.379 e. The van der Waals surface area contributed by atoms with Gasteiger partial charge in [0.15, 0.2) is 0 Å². The minimum Gasteiger partial charge on any atom is -0.379 e. The number of hydrogen-bond donors (Lipinski definition) is 1. The van der Waals surface area contributed by atoms with Crippen molar-refractivity contribution in [1.29, 1.82) is 0 Å². The van der Waals surface area contributed by atoms with Crippen LogP contribution in [-0.2, 0) is 9.47 Å². The van der Waals surface area contributed by atoms with E-state index >= 15 is 0 Å². The summed E-state index contributed by atoms with van der Waals surface area (Å²) in [5.41, 5.74) is 6.97. The molecule has 2 rings (SSSR count). The molecule has 1 heterocycles. The van der Waals surface area contributed by atoms with E-state index in [4.69, 9.17) is 15.2 Å². The summed E-state index contributed by atoms with van der Waals surface area (Å²) >= 11 is 0. The molecule has 2 N–H and O–H groups in total. The van der Waals surface area contributed by atoms with Gasteiger partial charge in [-0.05, 0) is 5.56 Å². The fraction of sp³-hybridized carbons (Fsp3) is 0.538. The summed E-state index contributed by atoms with van der Waals surface area (Å²) in [4.78, 5) is 2.33. The van der Waals surface area contributed by atoms with Crippen LogP contribution in [0.5, 0.6) is 0 Å². The van der Waals surface area contributed by atoms with Gasteiger partial charge in [0.05, 0.1) is 19.8 Å². The van der Waals surface area contributed by atoms with Gasteiger partial charge in [-0.1, -0.05) is 30.3 Å². The summed E-state index contributed by atoms with van der Waals surface area (Å²) < 4.78 is 10.9. The van der Waals surface area contributed by atoms with Crippen molar-refractivity contribution in [3.8, 4) is 0 Å². The molecule has 0 amide bonds. The topological polar surface area (TPSA) is 47.7 Å². The maximum atomic E-state index is 5.95. The molecule has 1 aromatic carbocycles. The summed E-state index contributed by atoms with van der Waals surface area (Å²) in [6.45, 7) is 5.21. The molecule has 0 aromatic heterocycles. The summed E-state index contributed by atoms with van der Waals surface area (Å²) in [5, 5.41) is 0. The molecule has 1 saturated heterocycles. The molecular weight excluding hydrogens is 216 g/mol. The number of rotatable bonds is 5. The van der Waals surface area contributed by atoms with Crippen LogP contribution in [0.4, 0.5) is 0 Å². The molecule has 0 saturated carbocycles. The summed E-state index contributed by atoms with van der Waals surface area (Å²) in [7, 11) is 0. The predicted octanol–water partition coefficient (Wildman–Crippen LogP) is 0.993. The van der Waals surface area contributed by atoms with E-state index in [1.54, 1.807) is 0 Å².